The van der Waals surface area contributed by atoms with Crippen molar-refractivity contribution < 1.29 is 4.74 Å². The van der Waals surface area contributed by atoms with Crippen molar-refractivity contribution in [3.63, 3.8) is 0 Å². The van der Waals surface area contributed by atoms with Gasteiger partial charge < -0.3 is 9.30 Å². The Morgan fingerprint density at radius 3 is 2.62 bits per heavy atom. The molecule has 5 heteroatoms. The third-order valence-electron chi connectivity index (χ3n) is 3.73. The SMILES string of the molecule is COc1c(C)nn(C)c(=O)c1-c1cn(C)c2ccccc12. The fraction of sp³-hybridized carbons (Fsp3) is 0.250. The Morgan fingerprint density at radius 1 is 1.19 bits per heavy atom. The molecule has 2 heterocycles. The second kappa shape index (κ2) is 4.77. The Hall–Kier alpha value is -2.56. The fourth-order valence-corrected chi connectivity index (χ4v) is 2.78. The minimum absolute atomic E-state index is 0.159. The van der Waals surface area contributed by atoms with Crippen LogP contribution in [0.2, 0.25) is 0 Å². The van der Waals surface area contributed by atoms with Crippen LogP contribution in [0.25, 0.3) is 22.0 Å². The molecule has 0 saturated carbocycles. The van der Waals surface area contributed by atoms with Gasteiger partial charge in [-0.3, -0.25) is 4.79 Å². The van der Waals surface area contributed by atoms with Gasteiger partial charge in [-0.25, -0.2) is 4.68 Å². The van der Waals surface area contributed by atoms with Crippen molar-refractivity contribution in [1.29, 1.82) is 0 Å². The number of para-hydroxylation sites is 1. The van der Waals surface area contributed by atoms with Crippen LogP contribution in [-0.2, 0) is 14.1 Å². The van der Waals surface area contributed by atoms with Crippen LogP contribution in [0.5, 0.6) is 5.75 Å². The van der Waals surface area contributed by atoms with E-state index in [0.29, 0.717) is 17.0 Å². The Kier molecular flexibility index (Phi) is 3.05. The Labute approximate surface area is 122 Å². The van der Waals surface area contributed by atoms with Gasteiger partial charge in [-0.1, -0.05) is 18.2 Å². The number of aromatic nitrogens is 3. The lowest BCUT2D eigenvalue weighted by Gasteiger charge is -2.11. The molecule has 0 spiro atoms. The second-order valence-corrected chi connectivity index (χ2v) is 5.09. The molecule has 0 amide bonds. The van der Waals surface area contributed by atoms with Gasteiger partial charge in [-0.15, -0.1) is 0 Å². The van der Waals surface area contributed by atoms with Crippen LogP contribution >= 0.6 is 0 Å². The van der Waals surface area contributed by atoms with Crippen LogP contribution in [-0.4, -0.2) is 21.5 Å². The predicted molar refractivity (Wildman–Crippen MR) is 82.7 cm³/mol. The Morgan fingerprint density at radius 2 is 1.90 bits per heavy atom. The lowest BCUT2D eigenvalue weighted by Crippen LogP contribution is -2.23. The van der Waals surface area contributed by atoms with Crippen LogP contribution < -0.4 is 10.3 Å². The van der Waals surface area contributed by atoms with E-state index in [-0.39, 0.29) is 5.56 Å². The Bertz CT molecular complexity index is 890. The number of rotatable bonds is 2. The summed E-state index contributed by atoms with van der Waals surface area (Å²) in [6.07, 6.45) is 1.96. The molecule has 3 rings (SSSR count). The molecule has 0 bridgehead atoms. The zero-order valence-corrected chi connectivity index (χ0v) is 12.5. The van der Waals surface area contributed by atoms with E-state index in [4.69, 9.17) is 4.74 Å². The first-order chi connectivity index (χ1) is 10.0. The number of hydrogen-bond donors (Lipinski definition) is 0. The standard InChI is InChI=1S/C16H17N3O2/c1-10-15(21-4)14(16(20)19(3)17-10)12-9-18(2)13-8-6-5-7-11(12)13/h5-9H,1-4H3. The molecule has 0 fully saturated rings. The number of ether oxygens (including phenoxy) is 1. The van der Waals surface area contributed by atoms with E-state index in [1.807, 2.05) is 49.0 Å². The van der Waals surface area contributed by atoms with Crippen LogP contribution in [0, 0.1) is 6.92 Å². The molecule has 0 saturated heterocycles. The molecule has 108 valence electrons. The average molecular weight is 283 g/mol. The van der Waals surface area contributed by atoms with Gasteiger partial charge in [0.1, 0.15) is 5.69 Å². The summed E-state index contributed by atoms with van der Waals surface area (Å²) in [7, 11) is 5.19. The molecule has 0 N–H and O–H groups in total. The van der Waals surface area contributed by atoms with Gasteiger partial charge in [0, 0.05) is 36.8 Å². The molecule has 3 aromatic rings. The summed E-state index contributed by atoms with van der Waals surface area (Å²) in [5.74, 6) is 0.537. The van der Waals surface area contributed by atoms with Crippen LogP contribution in [0.15, 0.2) is 35.3 Å². The largest absolute Gasteiger partial charge is 0.494 e. The zero-order valence-electron chi connectivity index (χ0n) is 12.5. The van der Waals surface area contributed by atoms with Crippen molar-refractivity contribution in [1.82, 2.24) is 14.3 Å². The highest BCUT2D eigenvalue weighted by Gasteiger charge is 2.20. The summed E-state index contributed by atoms with van der Waals surface area (Å²) < 4.78 is 8.81. The summed E-state index contributed by atoms with van der Waals surface area (Å²) in [4.78, 5) is 12.6. The minimum Gasteiger partial charge on any atom is -0.494 e. The maximum atomic E-state index is 12.6. The number of fused-ring (bicyclic) bond motifs is 1. The molecule has 5 nitrogen and oxygen atoms in total. The molecule has 2 aromatic heterocycles. The van der Waals surface area contributed by atoms with Gasteiger partial charge in [-0.2, -0.15) is 5.10 Å². The van der Waals surface area contributed by atoms with Crippen molar-refractivity contribution in [3.8, 4) is 16.9 Å². The highest BCUT2D eigenvalue weighted by Crippen LogP contribution is 2.34. The maximum Gasteiger partial charge on any atom is 0.278 e. The summed E-state index contributed by atoms with van der Waals surface area (Å²) in [6.45, 7) is 1.84. The van der Waals surface area contributed by atoms with E-state index >= 15 is 0 Å². The van der Waals surface area contributed by atoms with E-state index in [9.17, 15) is 4.79 Å². The van der Waals surface area contributed by atoms with Crippen LogP contribution in [0.1, 0.15) is 5.69 Å². The van der Waals surface area contributed by atoms with Crippen molar-refractivity contribution in [2.75, 3.05) is 7.11 Å². The molecule has 0 aliphatic carbocycles. The molecule has 0 aliphatic heterocycles. The predicted octanol–water partition coefficient (Wildman–Crippen LogP) is 2.26. The highest BCUT2D eigenvalue weighted by molar-refractivity contribution is 5.97. The summed E-state index contributed by atoms with van der Waals surface area (Å²) in [5, 5.41) is 5.22. The van der Waals surface area contributed by atoms with E-state index < -0.39 is 0 Å². The van der Waals surface area contributed by atoms with Crippen LogP contribution in [0.3, 0.4) is 0 Å². The topological polar surface area (TPSA) is 49.1 Å². The van der Waals surface area contributed by atoms with Crippen molar-refractivity contribution in [2.45, 2.75) is 6.92 Å². The molecule has 21 heavy (non-hydrogen) atoms. The third kappa shape index (κ3) is 1.93. The maximum absolute atomic E-state index is 12.6. The third-order valence-corrected chi connectivity index (χ3v) is 3.73. The number of aryl methyl sites for hydroxylation is 3. The molecular weight excluding hydrogens is 266 g/mol. The molecule has 0 aliphatic rings. The van der Waals surface area contributed by atoms with Gasteiger partial charge in [0.25, 0.3) is 5.56 Å². The summed E-state index contributed by atoms with van der Waals surface area (Å²) in [6, 6.07) is 8.00. The minimum atomic E-state index is -0.159. The number of hydrogen-bond acceptors (Lipinski definition) is 3. The van der Waals surface area contributed by atoms with Gasteiger partial charge in [0.05, 0.1) is 12.7 Å². The molecular formula is C16H17N3O2. The first-order valence-corrected chi connectivity index (χ1v) is 6.71. The van der Waals surface area contributed by atoms with Gasteiger partial charge >= 0.3 is 0 Å². The highest BCUT2D eigenvalue weighted by atomic mass is 16.5. The van der Waals surface area contributed by atoms with Crippen molar-refractivity contribution in [3.05, 3.63) is 46.5 Å². The van der Waals surface area contributed by atoms with Crippen molar-refractivity contribution >= 4 is 10.9 Å². The van der Waals surface area contributed by atoms with Gasteiger partial charge in [0.2, 0.25) is 0 Å². The van der Waals surface area contributed by atoms with Gasteiger partial charge in [-0.05, 0) is 13.0 Å². The number of methoxy groups -OCH3 is 1. The summed E-state index contributed by atoms with van der Waals surface area (Å²) >= 11 is 0. The quantitative estimate of drug-likeness (QED) is 0.725. The number of nitrogens with zero attached hydrogens (tertiary/aromatic N) is 3. The second-order valence-electron chi connectivity index (χ2n) is 5.09. The monoisotopic (exact) mass is 283 g/mol. The van der Waals surface area contributed by atoms with Gasteiger partial charge in [0.15, 0.2) is 5.75 Å². The zero-order chi connectivity index (χ0) is 15.1. The van der Waals surface area contributed by atoms with Crippen LogP contribution in [0.4, 0.5) is 0 Å². The van der Waals surface area contributed by atoms with E-state index in [0.717, 1.165) is 16.5 Å². The van der Waals surface area contributed by atoms with E-state index in [1.165, 1.54) is 4.68 Å². The summed E-state index contributed by atoms with van der Waals surface area (Å²) in [5.41, 5.74) is 3.04. The van der Waals surface area contributed by atoms with Crippen molar-refractivity contribution in [2.24, 2.45) is 14.1 Å². The average Bonchev–Trinajstić information content (AvgIpc) is 2.80. The van der Waals surface area contributed by atoms with E-state index in [2.05, 4.69) is 5.10 Å². The Balaban J connectivity index is 2.46. The fourth-order valence-electron chi connectivity index (χ4n) is 2.78. The smallest absolute Gasteiger partial charge is 0.278 e. The number of benzene rings is 1. The molecule has 0 radical (unpaired) electrons. The first kappa shape index (κ1) is 13.4. The molecule has 0 unspecified atom stereocenters. The first-order valence-electron chi connectivity index (χ1n) is 6.71. The normalized spacial score (nSPS) is 11.0. The molecule has 0 atom stereocenters. The lowest BCUT2D eigenvalue weighted by atomic mass is 10.0. The van der Waals surface area contributed by atoms with E-state index in [1.54, 1.807) is 14.2 Å². The lowest BCUT2D eigenvalue weighted by molar-refractivity contribution is 0.405. The molecule has 1 aromatic carbocycles.